The van der Waals surface area contributed by atoms with Crippen LogP contribution >= 0.6 is 11.6 Å². The summed E-state index contributed by atoms with van der Waals surface area (Å²) in [4.78, 5) is 14.7. The Morgan fingerprint density at radius 2 is 2.40 bits per heavy atom. The average Bonchev–Trinajstić information content (AvgIpc) is 2.19. The van der Waals surface area contributed by atoms with E-state index in [2.05, 4.69) is 21.0 Å². The first-order valence-corrected chi connectivity index (χ1v) is 5.98. The number of halogens is 1. The summed E-state index contributed by atoms with van der Waals surface area (Å²) >= 11 is 8.06. The van der Waals surface area contributed by atoms with Crippen LogP contribution in [-0.4, -0.2) is 32.1 Å². The van der Waals surface area contributed by atoms with E-state index in [1.165, 1.54) is 0 Å². The summed E-state index contributed by atoms with van der Waals surface area (Å²) in [5, 5.41) is 9.75. The van der Waals surface area contributed by atoms with Crippen molar-refractivity contribution in [2.45, 2.75) is 11.7 Å². The summed E-state index contributed by atoms with van der Waals surface area (Å²) in [5.74, 6) is -0.977. The zero-order valence-corrected chi connectivity index (χ0v) is 10.5. The van der Waals surface area contributed by atoms with Gasteiger partial charge >= 0.3 is 101 Å². The molecule has 0 bridgehead atoms. The third-order valence-corrected chi connectivity index (χ3v) is 3.21. The summed E-state index contributed by atoms with van der Waals surface area (Å²) in [6.07, 6.45) is 1.97. The molecule has 82 valence electrons. The van der Waals surface area contributed by atoms with Crippen LogP contribution in [0.3, 0.4) is 0 Å². The maximum absolute atomic E-state index is 10.8. The first-order valence-electron chi connectivity index (χ1n) is 4.28. The minimum atomic E-state index is -0.816. The number of nitrogens with two attached hydrogens (primary N) is 1. The molecule has 1 rings (SSSR count). The van der Waals surface area contributed by atoms with Crippen LogP contribution in [-0.2, 0) is 11.2 Å². The second kappa shape index (κ2) is 5.35. The van der Waals surface area contributed by atoms with E-state index in [0.29, 0.717) is 16.8 Å². The van der Waals surface area contributed by atoms with Crippen LogP contribution in [0.15, 0.2) is 12.3 Å². The molecular formula is C9H11ClN2O2Se. The van der Waals surface area contributed by atoms with Gasteiger partial charge < -0.3 is 0 Å². The molecule has 0 saturated heterocycles. The Bertz CT molecular complexity index is 373. The van der Waals surface area contributed by atoms with Gasteiger partial charge in [-0.1, -0.05) is 0 Å². The van der Waals surface area contributed by atoms with Gasteiger partial charge in [0.15, 0.2) is 0 Å². The molecule has 1 aromatic heterocycles. The first-order chi connectivity index (χ1) is 7.04. The van der Waals surface area contributed by atoms with Crippen LogP contribution in [0.2, 0.25) is 10.3 Å². The number of aliphatic carboxylic acids is 1. The summed E-state index contributed by atoms with van der Waals surface area (Å²) in [5.41, 5.74) is 6.23. The van der Waals surface area contributed by atoms with Gasteiger partial charge in [0.2, 0.25) is 0 Å². The standard InChI is InChI=1S/C9H11ClN2O2Se/c10-7-2-5(3-12-8(7)11)1-6(4-15)9(13)14/h2-3,6,15H,1,4H2,(H2,11,12)(H,13,14)/t6-/m1/s1. The number of anilines is 1. The zero-order chi connectivity index (χ0) is 11.4. The Morgan fingerprint density at radius 3 is 2.87 bits per heavy atom. The van der Waals surface area contributed by atoms with Gasteiger partial charge in [0, 0.05) is 0 Å². The van der Waals surface area contributed by atoms with Crippen LogP contribution in [0.4, 0.5) is 5.82 Å². The number of pyridine rings is 1. The number of aromatic nitrogens is 1. The van der Waals surface area contributed by atoms with E-state index in [9.17, 15) is 4.79 Å². The van der Waals surface area contributed by atoms with Crippen molar-refractivity contribution in [1.29, 1.82) is 0 Å². The molecule has 0 spiro atoms. The summed E-state index contributed by atoms with van der Waals surface area (Å²) in [7, 11) is 0. The first kappa shape index (κ1) is 12.3. The van der Waals surface area contributed by atoms with Crippen LogP contribution < -0.4 is 5.73 Å². The number of carboxylic acid groups (broad SMARTS) is 1. The topological polar surface area (TPSA) is 76.2 Å². The van der Waals surface area contributed by atoms with Crippen molar-refractivity contribution in [2.75, 3.05) is 5.73 Å². The fourth-order valence-corrected chi connectivity index (χ4v) is 1.90. The normalized spacial score (nSPS) is 12.4. The number of carboxylic acids is 1. The Labute approximate surface area is 101 Å². The molecule has 0 aromatic carbocycles. The summed E-state index contributed by atoms with van der Waals surface area (Å²) in [6.45, 7) is 0. The quantitative estimate of drug-likeness (QED) is 0.808. The van der Waals surface area contributed by atoms with Crippen molar-refractivity contribution in [3.05, 3.63) is 22.8 Å². The third kappa shape index (κ3) is 3.38. The van der Waals surface area contributed by atoms with Crippen LogP contribution in [0.1, 0.15) is 5.56 Å². The third-order valence-electron chi connectivity index (χ3n) is 1.98. The molecule has 1 atom stereocenters. The Kier molecular flexibility index (Phi) is 4.39. The average molecular weight is 294 g/mol. The van der Waals surface area contributed by atoms with E-state index in [1.54, 1.807) is 12.3 Å². The Balaban J connectivity index is 2.80. The number of hydrogen-bond acceptors (Lipinski definition) is 3. The molecule has 1 heterocycles. The van der Waals surface area contributed by atoms with Gasteiger partial charge in [-0.3, -0.25) is 0 Å². The second-order valence-corrected chi connectivity index (χ2v) is 4.31. The molecule has 0 fully saturated rings. The molecule has 4 nitrogen and oxygen atoms in total. The van der Waals surface area contributed by atoms with Gasteiger partial charge in [-0.15, -0.1) is 0 Å². The number of carbonyl (C=O) groups is 1. The number of nitrogen functional groups attached to an aromatic ring is 1. The van der Waals surface area contributed by atoms with Gasteiger partial charge in [0.25, 0.3) is 0 Å². The number of rotatable bonds is 4. The molecule has 0 saturated carbocycles. The van der Waals surface area contributed by atoms with Crippen molar-refractivity contribution in [3.63, 3.8) is 0 Å². The fourth-order valence-electron chi connectivity index (χ4n) is 1.11. The molecule has 0 amide bonds. The van der Waals surface area contributed by atoms with Crippen molar-refractivity contribution in [3.8, 4) is 0 Å². The molecule has 0 aliphatic rings. The molecule has 15 heavy (non-hydrogen) atoms. The maximum atomic E-state index is 10.8. The fraction of sp³-hybridized carbons (Fsp3) is 0.333. The van der Waals surface area contributed by atoms with E-state index in [-0.39, 0.29) is 5.82 Å². The number of hydrogen-bond donors (Lipinski definition) is 2. The van der Waals surface area contributed by atoms with E-state index in [4.69, 9.17) is 22.4 Å². The van der Waals surface area contributed by atoms with Gasteiger partial charge in [-0.2, -0.15) is 0 Å². The van der Waals surface area contributed by atoms with Crippen molar-refractivity contribution in [1.82, 2.24) is 4.98 Å². The molecule has 0 unspecified atom stereocenters. The molecule has 0 aliphatic carbocycles. The van der Waals surface area contributed by atoms with E-state index in [0.717, 1.165) is 5.56 Å². The second-order valence-electron chi connectivity index (χ2n) is 3.13. The molecule has 6 heteroatoms. The van der Waals surface area contributed by atoms with E-state index >= 15 is 0 Å². The van der Waals surface area contributed by atoms with Gasteiger partial charge in [-0.05, 0) is 0 Å². The minimum absolute atomic E-state index is 0.263. The van der Waals surface area contributed by atoms with Crippen molar-refractivity contribution in [2.24, 2.45) is 5.92 Å². The summed E-state index contributed by atoms with van der Waals surface area (Å²) in [6, 6.07) is 1.66. The molecular weight excluding hydrogens is 283 g/mol. The molecule has 1 aromatic rings. The van der Waals surface area contributed by atoms with Crippen LogP contribution in [0, 0.1) is 5.92 Å². The zero-order valence-electron chi connectivity index (χ0n) is 7.85. The monoisotopic (exact) mass is 294 g/mol. The van der Waals surface area contributed by atoms with E-state index in [1.807, 2.05) is 0 Å². The predicted molar refractivity (Wildman–Crippen MR) is 60.4 cm³/mol. The van der Waals surface area contributed by atoms with E-state index < -0.39 is 11.9 Å². The van der Waals surface area contributed by atoms with Gasteiger partial charge in [0.1, 0.15) is 0 Å². The summed E-state index contributed by atoms with van der Waals surface area (Å²) < 4.78 is 0. The van der Waals surface area contributed by atoms with Crippen molar-refractivity contribution >= 4 is 39.4 Å². The van der Waals surface area contributed by atoms with Gasteiger partial charge in [0.05, 0.1) is 0 Å². The van der Waals surface area contributed by atoms with Crippen LogP contribution in [0.5, 0.6) is 0 Å². The Morgan fingerprint density at radius 1 is 1.73 bits per heavy atom. The van der Waals surface area contributed by atoms with Gasteiger partial charge in [-0.25, -0.2) is 0 Å². The molecule has 3 N–H and O–H groups in total. The SMILES string of the molecule is Nc1ncc(C[C@H](C[SeH])C(=O)O)cc1Cl. The predicted octanol–water partition coefficient (Wildman–Crippen LogP) is 0.880. The Hall–Kier alpha value is -0.771. The molecule has 0 radical (unpaired) electrons. The van der Waals surface area contributed by atoms with Crippen molar-refractivity contribution < 1.29 is 9.90 Å². The van der Waals surface area contributed by atoms with Crippen LogP contribution in [0.25, 0.3) is 0 Å². The molecule has 0 aliphatic heterocycles. The number of nitrogens with zero attached hydrogens (tertiary/aromatic N) is 1.